The van der Waals surface area contributed by atoms with E-state index in [1.807, 2.05) is 109 Å². The Morgan fingerprint density at radius 3 is 1.22 bits per heavy atom. The van der Waals surface area contributed by atoms with Crippen molar-refractivity contribution >= 4 is 45.6 Å². The molecule has 8 rings (SSSR count). The summed E-state index contributed by atoms with van der Waals surface area (Å²) in [6.07, 6.45) is 13.1. The van der Waals surface area contributed by atoms with E-state index < -0.39 is 24.1 Å². The van der Waals surface area contributed by atoms with Crippen LogP contribution in [0.3, 0.4) is 0 Å². The molecule has 0 bridgehead atoms. The highest BCUT2D eigenvalue weighted by Gasteiger charge is 2.34. The van der Waals surface area contributed by atoms with Crippen LogP contribution in [-0.2, 0) is 19.1 Å². The van der Waals surface area contributed by atoms with Crippen molar-refractivity contribution in [2.24, 2.45) is 11.5 Å². The minimum absolute atomic E-state index is 0.303. The molecule has 6 aromatic rings. The Morgan fingerprint density at radius 2 is 0.828 bits per heavy atom. The molecule has 0 heterocycles. The summed E-state index contributed by atoms with van der Waals surface area (Å²) in [5, 5.41) is 3.78. The fourth-order valence-corrected chi connectivity index (χ4v) is 8.89. The van der Waals surface area contributed by atoms with Gasteiger partial charge in [0.15, 0.2) is 12.2 Å². The van der Waals surface area contributed by atoms with Crippen molar-refractivity contribution < 1.29 is 19.1 Å². The van der Waals surface area contributed by atoms with Crippen molar-refractivity contribution in [3.63, 3.8) is 0 Å². The Morgan fingerprint density at radius 1 is 0.466 bits per heavy atom. The van der Waals surface area contributed by atoms with Gasteiger partial charge >= 0.3 is 11.9 Å². The van der Waals surface area contributed by atoms with Crippen molar-refractivity contribution in [2.45, 2.75) is 87.5 Å². The molecule has 6 heteroatoms. The van der Waals surface area contributed by atoms with Gasteiger partial charge in [0.1, 0.15) is 0 Å². The fourth-order valence-electron chi connectivity index (χ4n) is 8.89. The van der Waals surface area contributed by atoms with Gasteiger partial charge in [-0.1, -0.05) is 133 Å². The molecule has 0 unspecified atom stereocenters. The lowest BCUT2D eigenvalue weighted by atomic mass is 9.82. The van der Waals surface area contributed by atoms with Gasteiger partial charge in [0.2, 0.25) is 0 Å². The Kier molecular flexibility index (Phi) is 12.2. The molecule has 0 amide bonds. The first-order chi connectivity index (χ1) is 28.4. The van der Waals surface area contributed by atoms with E-state index in [1.54, 1.807) is 12.2 Å². The Hall–Kier alpha value is -5.82. The zero-order valence-corrected chi connectivity index (χ0v) is 32.9. The molecule has 294 valence electrons. The molecule has 0 radical (unpaired) electrons. The molecule has 4 N–H and O–H groups in total. The average molecular weight is 769 g/mol. The van der Waals surface area contributed by atoms with E-state index in [0.717, 1.165) is 95.2 Å². The highest BCUT2D eigenvalue weighted by Crippen LogP contribution is 2.42. The summed E-state index contributed by atoms with van der Waals surface area (Å²) in [4.78, 5) is 27.9. The van der Waals surface area contributed by atoms with Crippen LogP contribution in [0.15, 0.2) is 146 Å². The lowest BCUT2D eigenvalue weighted by Crippen LogP contribution is -2.25. The smallest absolute Gasteiger partial charge is 0.331 e. The molecule has 2 fully saturated rings. The number of ether oxygens (including phenoxy) is 2. The molecule has 0 saturated heterocycles. The zero-order valence-electron chi connectivity index (χ0n) is 32.9. The quantitative estimate of drug-likeness (QED) is 0.100. The lowest BCUT2D eigenvalue weighted by molar-refractivity contribution is -0.162. The van der Waals surface area contributed by atoms with Gasteiger partial charge in [-0.05, 0) is 119 Å². The molecule has 0 aliphatic heterocycles. The van der Waals surface area contributed by atoms with Crippen molar-refractivity contribution in [3.05, 3.63) is 179 Å². The Labute approximate surface area is 341 Å². The van der Waals surface area contributed by atoms with Crippen LogP contribution in [0.2, 0.25) is 0 Å². The second kappa shape index (κ2) is 18.2. The first-order valence-corrected chi connectivity index (χ1v) is 20.8. The first kappa shape index (κ1) is 39.0. The second-order valence-corrected chi connectivity index (χ2v) is 16.1. The highest BCUT2D eigenvalue weighted by atomic mass is 16.6. The van der Waals surface area contributed by atoms with Crippen LogP contribution in [0.1, 0.15) is 109 Å². The van der Waals surface area contributed by atoms with E-state index in [4.69, 9.17) is 20.9 Å². The number of hydrogen-bond acceptors (Lipinski definition) is 6. The third-order valence-electron chi connectivity index (χ3n) is 12.2. The van der Waals surface area contributed by atoms with Crippen LogP contribution in [0.5, 0.6) is 0 Å². The summed E-state index contributed by atoms with van der Waals surface area (Å²) < 4.78 is 12.9. The monoisotopic (exact) mass is 768 g/mol. The van der Waals surface area contributed by atoms with Crippen molar-refractivity contribution in [1.29, 1.82) is 0 Å². The maximum Gasteiger partial charge on any atom is 0.331 e. The van der Waals surface area contributed by atoms with Crippen molar-refractivity contribution in [2.75, 3.05) is 0 Å². The molecule has 0 spiro atoms. The van der Waals surface area contributed by atoms with E-state index in [0.29, 0.717) is 23.9 Å². The van der Waals surface area contributed by atoms with Crippen LogP contribution in [0.4, 0.5) is 0 Å². The van der Waals surface area contributed by atoms with Gasteiger partial charge in [-0.25, -0.2) is 9.59 Å². The number of nitrogens with two attached hydrogens (primary N) is 2. The van der Waals surface area contributed by atoms with Gasteiger partial charge in [-0.3, -0.25) is 0 Å². The third kappa shape index (κ3) is 9.31. The van der Waals surface area contributed by atoms with E-state index in [2.05, 4.69) is 24.3 Å². The number of carbonyl (C=O) groups excluding carboxylic acids is 2. The lowest BCUT2D eigenvalue weighted by Gasteiger charge is -2.29. The molecule has 6 aromatic carbocycles. The Bertz CT molecular complexity index is 2220. The molecule has 2 aliphatic carbocycles. The number of carbonyl (C=O) groups is 2. The average Bonchev–Trinajstić information content (AvgIpc) is 3.27. The molecule has 2 atom stereocenters. The molecule has 2 aliphatic rings. The Balaban J connectivity index is 1.09. The maximum absolute atomic E-state index is 14.0. The number of rotatable bonds is 11. The van der Waals surface area contributed by atoms with E-state index in [9.17, 15) is 9.59 Å². The molecule has 2 saturated carbocycles. The summed E-state index contributed by atoms with van der Waals surface area (Å²) in [7, 11) is 0. The summed E-state index contributed by atoms with van der Waals surface area (Å²) in [5.74, 6) is -0.0554. The molecule has 0 aromatic heterocycles. The fraction of sp³-hybridized carbons (Fsp3) is 0.269. The zero-order chi connectivity index (χ0) is 39.8. The summed E-state index contributed by atoms with van der Waals surface area (Å²) in [6.45, 7) is 0. The predicted molar refractivity (Wildman–Crippen MR) is 235 cm³/mol. The number of fused-ring (bicyclic) bond motifs is 2. The minimum atomic E-state index is -0.977. The normalized spacial score (nSPS) is 20.9. The topological polar surface area (TPSA) is 105 Å². The predicted octanol–water partition coefficient (Wildman–Crippen LogP) is 11.3. The van der Waals surface area contributed by atoms with Crippen molar-refractivity contribution in [3.8, 4) is 0 Å². The van der Waals surface area contributed by atoms with Crippen LogP contribution in [-0.4, -0.2) is 24.0 Å². The van der Waals surface area contributed by atoms with E-state index >= 15 is 0 Å². The largest absolute Gasteiger partial charge is 0.450 e. The third-order valence-corrected chi connectivity index (χ3v) is 12.2. The summed E-state index contributed by atoms with van der Waals surface area (Å²) in [6, 6.07) is 45.2. The van der Waals surface area contributed by atoms with Crippen LogP contribution in [0, 0.1) is 0 Å². The maximum atomic E-state index is 14.0. The number of hydrogen-bond donors (Lipinski definition) is 2. The van der Waals surface area contributed by atoms with E-state index in [-0.39, 0.29) is 0 Å². The SMILES string of the molecule is NC1CCC(c2ccc(/C=C/C(=O)O[C@H](c3cccc4ccccc34)[C@H](OC(=O)/C=C/c3ccc(C4CCC(N)CC4)cc3)c3cccc4ccccc34)cc2)CC1. The van der Waals surface area contributed by atoms with Gasteiger partial charge < -0.3 is 20.9 Å². The number of benzene rings is 6. The van der Waals surface area contributed by atoms with Crippen LogP contribution in [0.25, 0.3) is 33.7 Å². The summed E-state index contributed by atoms with van der Waals surface area (Å²) in [5.41, 5.74) is 18.2. The van der Waals surface area contributed by atoms with Crippen LogP contribution < -0.4 is 11.5 Å². The van der Waals surface area contributed by atoms with Gasteiger partial charge in [0, 0.05) is 35.4 Å². The summed E-state index contributed by atoms with van der Waals surface area (Å²) >= 11 is 0. The van der Waals surface area contributed by atoms with Gasteiger partial charge in [-0.2, -0.15) is 0 Å². The molecular weight excluding hydrogens is 717 g/mol. The highest BCUT2D eigenvalue weighted by molar-refractivity contribution is 5.91. The van der Waals surface area contributed by atoms with E-state index in [1.165, 1.54) is 23.3 Å². The molecule has 58 heavy (non-hydrogen) atoms. The first-order valence-electron chi connectivity index (χ1n) is 20.8. The molecule has 6 nitrogen and oxygen atoms in total. The second-order valence-electron chi connectivity index (χ2n) is 16.1. The van der Waals surface area contributed by atoms with Crippen LogP contribution >= 0.6 is 0 Å². The number of esters is 2. The minimum Gasteiger partial charge on any atom is -0.450 e. The van der Waals surface area contributed by atoms with Gasteiger partial charge in [0.25, 0.3) is 0 Å². The van der Waals surface area contributed by atoms with Crippen molar-refractivity contribution in [1.82, 2.24) is 0 Å². The van der Waals surface area contributed by atoms with Gasteiger partial charge in [0.05, 0.1) is 0 Å². The molecular formula is C52H52N2O4. The standard InChI is InChI=1S/C52H52N2O4/c53-43-29-25-39(26-30-43)37-21-15-35(16-22-37)19-33-49(55)57-51(47-13-5-9-41-7-1-3-11-45(41)47)52(48-14-6-10-42-8-2-4-12-46(42)48)58-50(56)34-20-36-17-23-38(24-18-36)40-27-31-44(54)32-28-40/h1-24,33-34,39-40,43-44,51-52H,25-32,53-54H2/b33-19+,34-20+/t39?,40?,43?,44?,51-,52-/m1/s1. The van der Waals surface area contributed by atoms with Gasteiger partial charge in [-0.15, -0.1) is 0 Å².